The van der Waals surface area contributed by atoms with Gasteiger partial charge in [0.05, 0.1) is 18.6 Å². The van der Waals surface area contributed by atoms with Crippen LogP contribution in [0.25, 0.3) is 0 Å². The van der Waals surface area contributed by atoms with Crippen molar-refractivity contribution >= 4 is 11.8 Å². The lowest BCUT2D eigenvalue weighted by Crippen LogP contribution is -2.26. The summed E-state index contributed by atoms with van der Waals surface area (Å²) in [5.41, 5.74) is 0.766. The van der Waals surface area contributed by atoms with Crippen LogP contribution in [0.5, 0.6) is 0 Å². The minimum atomic E-state index is -0.856. The lowest BCUT2D eigenvalue weighted by Gasteiger charge is -2.25. The molecule has 0 aromatic heterocycles. The van der Waals surface area contributed by atoms with E-state index < -0.39 is 29.4 Å². The molecule has 2 rings (SSSR count). The summed E-state index contributed by atoms with van der Waals surface area (Å²) in [5.74, 6) is -3.26. The number of esters is 1. The van der Waals surface area contributed by atoms with Crippen LogP contribution in [0.1, 0.15) is 21.8 Å². The second-order valence-corrected chi connectivity index (χ2v) is 5.51. The third kappa shape index (κ3) is 3.91. The van der Waals surface area contributed by atoms with Crippen molar-refractivity contribution in [2.24, 2.45) is 5.92 Å². The van der Waals surface area contributed by atoms with E-state index in [4.69, 9.17) is 4.74 Å². The maximum atomic E-state index is 14.1. The summed E-state index contributed by atoms with van der Waals surface area (Å²) in [5, 5.41) is 0. The van der Waals surface area contributed by atoms with Crippen LogP contribution >= 0.6 is 0 Å². The summed E-state index contributed by atoms with van der Waals surface area (Å²) in [6.07, 6.45) is 1.42. The van der Waals surface area contributed by atoms with Crippen molar-refractivity contribution in [2.75, 3.05) is 7.11 Å². The van der Waals surface area contributed by atoms with Crippen LogP contribution in [-0.4, -0.2) is 18.9 Å². The maximum absolute atomic E-state index is 14.1. The predicted octanol–water partition coefficient (Wildman–Crippen LogP) is 4.32. The summed E-state index contributed by atoms with van der Waals surface area (Å²) in [6.45, 7) is 7.52. The topological polar surface area (TPSA) is 43.4 Å². The van der Waals surface area contributed by atoms with E-state index in [-0.39, 0.29) is 11.1 Å². The highest BCUT2D eigenvalue weighted by atomic mass is 19.1. The SMILES string of the molecule is C=C[C@H](C(=O)c1ccccc1F)[C@@H](C(=C)C(=O)OC)c1ccccc1. The van der Waals surface area contributed by atoms with Gasteiger partial charge in [0, 0.05) is 11.5 Å². The largest absolute Gasteiger partial charge is 0.466 e. The van der Waals surface area contributed by atoms with E-state index in [1.165, 1.54) is 31.4 Å². The van der Waals surface area contributed by atoms with Crippen molar-refractivity contribution < 1.29 is 18.7 Å². The summed E-state index contributed by atoms with van der Waals surface area (Å²) in [7, 11) is 1.25. The zero-order valence-electron chi connectivity index (χ0n) is 13.9. The number of carbonyl (C=O) groups excluding carboxylic acids is 2. The molecule has 0 bridgehead atoms. The van der Waals surface area contributed by atoms with Crippen LogP contribution in [0.2, 0.25) is 0 Å². The molecular formula is C21H19FO3. The Morgan fingerprint density at radius 2 is 1.68 bits per heavy atom. The van der Waals surface area contributed by atoms with E-state index in [1.807, 2.05) is 6.07 Å². The summed E-state index contributed by atoms with van der Waals surface area (Å²) in [4.78, 5) is 25.0. The van der Waals surface area contributed by atoms with E-state index in [0.717, 1.165) is 0 Å². The van der Waals surface area contributed by atoms with E-state index in [9.17, 15) is 14.0 Å². The number of carbonyl (C=O) groups is 2. The monoisotopic (exact) mass is 338 g/mol. The number of allylic oxidation sites excluding steroid dienone is 1. The Hall–Kier alpha value is -3.01. The van der Waals surface area contributed by atoms with Crippen molar-refractivity contribution in [2.45, 2.75) is 5.92 Å². The molecule has 0 aliphatic carbocycles. The molecule has 4 heteroatoms. The van der Waals surface area contributed by atoms with E-state index in [2.05, 4.69) is 13.2 Å². The Bertz CT molecular complexity index is 796. The Kier molecular flexibility index (Phi) is 6.01. The second-order valence-electron chi connectivity index (χ2n) is 5.51. The van der Waals surface area contributed by atoms with Crippen molar-refractivity contribution in [1.29, 1.82) is 0 Å². The van der Waals surface area contributed by atoms with E-state index in [0.29, 0.717) is 5.56 Å². The average Bonchev–Trinajstić information content (AvgIpc) is 2.65. The number of ketones is 1. The first-order valence-electron chi connectivity index (χ1n) is 7.74. The number of benzene rings is 2. The van der Waals surface area contributed by atoms with Crippen LogP contribution in [-0.2, 0) is 9.53 Å². The average molecular weight is 338 g/mol. The molecule has 0 heterocycles. The highest BCUT2D eigenvalue weighted by molar-refractivity contribution is 6.01. The molecule has 0 spiro atoms. The van der Waals surface area contributed by atoms with Gasteiger partial charge in [0.1, 0.15) is 5.82 Å². The highest BCUT2D eigenvalue weighted by Crippen LogP contribution is 2.35. The first kappa shape index (κ1) is 18.3. The minimum absolute atomic E-state index is 0.0500. The highest BCUT2D eigenvalue weighted by Gasteiger charge is 2.34. The van der Waals surface area contributed by atoms with Gasteiger partial charge in [-0.2, -0.15) is 0 Å². The van der Waals surface area contributed by atoms with Gasteiger partial charge in [-0.3, -0.25) is 4.79 Å². The Morgan fingerprint density at radius 1 is 1.08 bits per heavy atom. The Labute approximate surface area is 146 Å². The number of hydrogen-bond donors (Lipinski definition) is 0. The van der Waals surface area contributed by atoms with Crippen LogP contribution in [0.3, 0.4) is 0 Å². The molecule has 0 saturated carbocycles. The molecule has 2 aromatic carbocycles. The molecule has 0 aliphatic heterocycles. The fourth-order valence-electron chi connectivity index (χ4n) is 2.78. The van der Waals surface area contributed by atoms with Gasteiger partial charge in [-0.25, -0.2) is 9.18 Å². The minimum Gasteiger partial charge on any atom is -0.466 e. The molecule has 2 aromatic rings. The first-order chi connectivity index (χ1) is 12.0. The van der Waals surface area contributed by atoms with Gasteiger partial charge < -0.3 is 4.74 Å². The molecule has 0 unspecified atom stereocenters. The normalized spacial score (nSPS) is 12.7. The Balaban J connectivity index is 2.52. The first-order valence-corrected chi connectivity index (χ1v) is 7.74. The van der Waals surface area contributed by atoms with Gasteiger partial charge >= 0.3 is 5.97 Å². The van der Waals surface area contributed by atoms with Gasteiger partial charge in [0.25, 0.3) is 0 Å². The number of hydrogen-bond acceptors (Lipinski definition) is 3. The van der Waals surface area contributed by atoms with Crippen molar-refractivity contribution in [3.8, 4) is 0 Å². The van der Waals surface area contributed by atoms with Crippen molar-refractivity contribution in [3.63, 3.8) is 0 Å². The van der Waals surface area contributed by atoms with Gasteiger partial charge in [-0.05, 0) is 17.7 Å². The van der Waals surface area contributed by atoms with E-state index in [1.54, 1.807) is 30.3 Å². The summed E-state index contributed by atoms with van der Waals surface area (Å²) in [6, 6.07) is 14.7. The smallest absolute Gasteiger partial charge is 0.333 e. The van der Waals surface area contributed by atoms with Gasteiger partial charge in [-0.15, -0.1) is 6.58 Å². The Morgan fingerprint density at radius 3 is 2.24 bits per heavy atom. The third-order valence-corrected chi connectivity index (χ3v) is 4.04. The standard InChI is InChI=1S/C21H19FO3/c1-4-16(20(23)17-12-8-9-13-18(17)22)19(14(2)21(24)25-3)15-10-6-5-7-11-15/h4-13,16,19H,1-2H2,3H3/t16-,19-/m0/s1. The molecule has 0 aliphatic rings. The lowest BCUT2D eigenvalue weighted by atomic mass is 9.77. The van der Waals surface area contributed by atoms with Gasteiger partial charge in [0.2, 0.25) is 0 Å². The number of halogens is 1. The predicted molar refractivity (Wildman–Crippen MR) is 94.8 cm³/mol. The fraction of sp³-hybridized carbons (Fsp3) is 0.143. The van der Waals surface area contributed by atoms with Gasteiger partial charge in [0.15, 0.2) is 5.78 Å². The van der Waals surface area contributed by atoms with Gasteiger partial charge in [-0.1, -0.05) is 55.1 Å². The zero-order valence-corrected chi connectivity index (χ0v) is 13.9. The summed E-state index contributed by atoms with van der Waals surface area (Å²) >= 11 is 0. The molecule has 0 radical (unpaired) electrons. The second kappa shape index (κ2) is 8.20. The third-order valence-electron chi connectivity index (χ3n) is 4.04. The molecule has 0 saturated heterocycles. The fourth-order valence-corrected chi connectivity index (χ4v) is 2.78. The van der Waals surface area contributed by atoms with Crippen LogP contribution < -0.4 is 0 Å². The van der Waals surface area contributed by atoms with Crippen LogP contribution in [0.15, 0.2) is 79.4 Å². The summed E-state index contributed by atoms with van der Waals surface area (Å²) < 4.78 is 18.8. The molecule has 25 heavy (non-hydrogen) atoms. The zero-order chi connectivity index (χ0) is 18.4. The molecular weight excluding hydrogens is 319 g/mol. The molecule has 0 fully saturated rings. The molecule has 0 amide bonds. The lowest BCUT2D eigenvalue weighted by molar-refractivity contribution is -0.136. The molecule has 3 nitrogen and oxygen atoms in total. The molecule has 128 valence electrons. The quantitative estimate of drug-likeness (QED) is 0.327. The number of rotatable bonds is 7. The van der Waals surface area contributed by atoms with Crippen LogP contribution in [0.4, 0.5) is 4.39 Å². The maximum Gasteiger partial charge on any atom is 0.333 e. The number of ether oxygens (including phenoxy) is 1. The van der Waals surface area contributed by atoms with Crippen LogP contribution in [0, 0.1) is 11.7 Å². The number of methoxy groups -OCH3 is 1. The molecule has 0 N–H and O–H groups in total. The van der Waals surface area contributed by atoms with Crippen molar-refractivity contribution in [3.05, 3.63) is 96.3 Å². The van der Waals surface area contributed by atoms with Crippen molar-refractivity contribution in [1.82, 2.24) is 0 Å². The molecule has 2 atom stereocenters. The van der Waals surface area contributed by atoms with E-state index >= 15 is 0 Å². The number of Topliss-reactive ketones (excluding diaryl/α,β-unsaturated/α-hetero) is 1.